The van der Waals surface area contributed by atoms with E-state index in [9.17, 15) is 8.42 Å². The second-order valence-electron chi connectivity index (χ2n) is 7.25. The van der Waals surface area contributed by atoms with Gasteiger partial charge in [0.15, 0.2) is 15.8 Å². The number of hydrogen-bond donors (Lipinski definition) is 2. The molecule has 0 radical (unpaired) electrons. The van der Waals surface area contributed by atoms with Gasteiger partial charge in [-0.1, -0.05) is 12.1 Å². The van der Waals surface area contributed by atoms with Crippen LogP contribution in [0.15, 0.2) is 28.1 Å². The lowest BCUT2D eigenvalue weighted by Gasteiger charge is -2.15. The fourth-order valence-electron chi connectivity index (χ4n) is 3.41. The summed E-state index contributed by atoms with van der Waals surface area (Å²) in [6.45, 7) is 9.83. The highest BCUT2D eigenvalue weighted by Crippen LogP contribution is 2.17. The molecular formula is C20H34N4O2S. The van der Waals surface area contributed by atoms with Crippen molar-refractivity contribution in [1.29, 1.82) is 0 Å². The van der Waals surface area contributed by atoms with Crippen LogP contribution in [0.3, 0.4) is 0 Å². The minimum absolute atomic E-state index is 0.387. The molecular weight excluding hydrogens is 360 g/mol. The second-order valence-corrected chi connectivity index (χ2v) is 9.23. The minimum atomic E-state index is -3.18. The Bertz CT molecular complexity index is 725. The van der Waals surface area contributed by atoms with Crippen LogP contribution in [0, 0.1) is 6.92 Å². The monoisotopic (exact) mass is 394 g/mol. The third-order valence-electron chi connectivity index (χ3n) is 4.80. The number of aliphatic imine (C=N–C) groups is 1. The number of nitrogens with one attached hydrogen (secondary N) is 2. The van der Waals surface area contributed by atoms with E-state index in [0.717, 1.165) is 36.6 Å². The van der Waals surface area contributed by atoms with E-state index in [1.807, 2.05) is 19.1 Å². The van der Waals surface area contributed by atoms with Gasteiger partial charge in [-0.3, -0.25) is 0 Å². The summed E-state index contributed by atoms with van der Waals surface area (Å²) in [7, 11) is -3.18. The number of nitrogens with zero attached hydrogens (tertiary/aromatic N) is 2. The first-order valence-corrected chi connectivity index (χ1v) is 11.8. The maximum Gasteiger partial charge on any atom is 0.191 e. The van der Waals surface area contributed by atoms with Crippen molar-refractivity contribution in [2.24, 2.45) is 4.99 Å². The van der Waals surface area contributed by atoms with Gasteiger partial charge >= 0.3 is 0 Å². The van der Waals surface area contributed by atoms with Crippen LogP contribution in [0.25, 0.3) is 0 Å². The topological polar surface area (TPSA) is 73.8 Å². The van der Waals surface area contributed by atoms with Crippen molar-refractivity contribution in [3.05, 3.63) is 29.3 Å². The molecule has 1 saturated heterocycles. The van der Waals surface area contributed by atoms with Crippen LogP contribution in [0.5, 0.6) is 0 Å². The van der Waals surface area contributed by atoms with E-state index in [1.54, 1.807) is 6.07 Å². The molecule has 0 spiro atoms. The van der Waals surface area contributed by atoms with Crippen molar-refractivity contribution >= 4 is 15.8 Å². The number of likely N-dealkylation sites (tertiary alicyclic amines) is 1. The summed E-state index contributed by atoms with van der Waals surface area (Å²) in [6.07, 6.45) is 6.27. The fraction of sp³-hybridized carbons (Fsp3) is 0.650. The van der Waals surface area contributed by atoms with E-state index in [0.29, 0.717) is 11.4 Å². The number of rotatable bonds is 9. The Morgan fingerprint density at radius 3 is 2.56 bits per heavy atom. The molecule has 1 fully saturated rings. The van der Waals surface area contributed by atoms with Gasteiger partial charge in [-0.15, -0.1) is 0 Å². The summed E-state index contributed by atoms with van der Waals surface area (Å²) in [5.74, 6) is 0.809. The smallest absolute Gasteiger partial charge is 0.191 e. The average molecular weight is 395 g/mol. The highest BCUT2D eigenvalue weighted by Gasteiger charge is 2.11. The van der Waals surface area contributed by atoms with Crippen molar-refractivity contribution < 1.29 is 8.42 Å². The summed E-state index contributed by atoms with van der Waals surface area (Å²) in [5, 5.41) is 6.66. The molecule has 0 aliphatic carbocycles. The van der Waals surface area contributed by atoms with Crippen molar-refractivity contribution in [2.75, 3.05) is 39.0 Å². The summed E-state index contributed by atoms with van der Waals surface area (Å²) in [4.78, 5) is 7.56. The lowest BCUT2D eigenvalue weighted by molar-refractivity contribution is 0.330. The SMILES string of the molecule is CCNC(=NCc1ccc(S(C)(=O)=O)c(C)c1)NCCCCN1CCCC1. The molecule has 6 nitrogen and oxygen atoms in total. The Morgan fingerprint density at radius 1 is 1.19 bits per heavy atom. The molecule has 0 amide bonds. The molecule has 0 bridgehead atoms. The van der Waals surface area contributed by atoms with Gasteiger partial charge in [-0.2, -0.15) is 0 Å². The third kappa shape index (κ3) is 7.50. The zero-order valence-electron chi connectivity index (χ0n) is 16.9. The molecule has 7 heteroatoms. The molecule has 2 N–H and O–H groups in total. The van der Waals surface area contributed by atoms with Crippen molar-refractivity contribution in [1.82, 2.24) is 15.5 Å². The fourth-order valence-corrected chi connectivity index (χ4v) is 4.37. The first-order valence-electron chi connectivity index (χ1n) is 9.94. The van der Waals surface area contributed by atoms with Crippen LogP contribution in [0.4, 0.5) is 0 Å². The Balaban J connectivity index is 1.82. The van der Waals surface area contributed by atoms with E-state index in [1.165, 1.54) is 45.2 Å². The van der Waals surface area contributed by atoms with Gasteiger partial charge < -0.3 is 15.5 Å². The quantitative estimate of drug-likeness (QED) is 0.382. The molecule has 0 saturated carbocycles. The molecule has 2 rings (SSSR count). The predicted molar refractivity (Wildman–Crippen MR) is 112 cm³/mol. The third-order valence-corrected chi connectivity index (χ3v) is 6.05. The number of hydrogen-bond acceptors (Lipinski definition) is 4. The summed E-state index contributed by atoms with van der Waals surface area (Å²) >= 11 is 0. The maximum absolute atomic E-state index is 11.7. The zero-order chi connectivity index (χ0) is 19.7. The van der Waals surface area contributed by atoms with E-state index >= 15 is 0 Å². The largest absolute Gasteiger partial charge is 0.357 e. The van der Waals surface area contributed by atoms with Crippen molar-refractivity contribution in [3.63, 3.8) is 0 Å². The van der Waals surface area contributed by atoms with Crippen LogP contribution >= 0.6 is 0 Å². The van der Waals surface area contributed by atoms with Gasteiger partial charge in [0.2, 0.25) is 0 Å². The average Bonchev–Trinajstić information content (AvgIpc) is 3.11. The Morgan fingerprint density at radius 2 is 1.93 bits per heavy atom. The lowest BCUT2D eigenvalue weighted by Crippen LogP contribution is -2.38. The van der Waals surface area contributed by atoms with E-state index in [4.69, 9.17) is 0 Å². The van der Waals surface area contributed by atoms with Gasteiger partial charge in [0.1, 0.15) is 0 Å². The van der Waals surface area contributed by atoms with Crippen LogP contribution < -0.4 is 10.6 Å². The summed E-state index contributed by atoms with van der Waals surface area (Å²) < 4.78 is 23.4. The highest BCUT2D eigenvalue weighted by molar-refractivity contribution is 7.90. The van der Waals surface area contributed by atoms with Crippen LogP contribution in [-0.2, 0) is 16.4 Å². The number of sulfone groups is 1. The van der Waals surface area contributed by atoms with Crippen LogP contribution in [-0.4, -0.2) is 58.3 Å². The normalized spacial score (nSPS) is 15.9. The van der Waals surface area contributed by atoms with Gasteiger partial charge in [0.25, 0.3) is 0 Å². The molecule has 1 aliphatic heterocycles. The minimum Gasteiger partial charge on any atom is -0.357 e. The number of unbranched alkanes of at least 4 members (excludes halogenated alkanes) is 1. The molecule has 1 aliphatic rings. The molecule has 152 valence electrons. The van der Waals surface area contributed by atoms with E-state index < -0.39 is 9.84 Å². The van der Waals surface area contributed by atoms with E-state index in [2.05, 4.69) is 27.4 Å². The van der Waals surface area contributed by atoms with E-state index in [-0.39, 0.29) is 0 Å². The second kappa shape index (κ2) is 10.7. The lowest BCUT2D eigenvalue weighted by atomic mass is 10.1. The molecule has 0 aromatic heterocycles. The molecule has 27 heavy (non-hydrogen) atoms. The molecule has 0 unspecified atom stereocenters. The van der Waals surface area contributed by atoms with Gasteiger partial charge in [0, 0.05) is 19.3 Å². The van der Waals surface area contributed by atoms with Crippen molar-refractivity contribution in [2.45, 2.75) is 51.0 Å². The molecule has 1 aromatic carbocycles. The standard InChI is InChI=1S/C20H34N4O2S/c1-4-21-20(22-11-5-6-12-24-13-7-8-14-24)23-16-18-9-10-19(17(2)15-18)27(3,25)26/h9-10,15H,4-8,11-14,16H2,1-3H3,(H2,21,22,23). The van der Waals surface area contributed by atoms with Gasteiger partial charge in [-0.25, -0.2) is 13.4 Å². The first-order chi connectivity index (χ1) is 12.9. The number of aryl methyl sites for hydroxylation is 1. The van der Waals surface area contributed by atoms with Crippen LogP contribution in [0.2, 0.25) is 0 Å². The molecule has 1 heterocycles. The van der Waals surface area contributed by atoms with Gasteiger partial charge in [0.05, 0.1) is 11.4 Å². The van der Waals surface area contributed by atoms with Crippen molar-refractivity contribution in [3.8, 4) is 0 Å². The molecule has 1 aromatic rings. The molecule has 0 atom stereocenters. The highest BCUT2D eigenvalue weighted by atomic mass is 32.2. The zero-order valence-corrected chi connectivity index (χ0v) is 17.7. The Hall–Kier alpha value is -1.60. The summed E-state index contributed by atoms with van der Waals surface area (Å²) in [6, 6.07) is 5.42. The van der Waals surface area contributed by atoms with Crippen LogP contribution in [0.1, 0.15) is 43.7 Å². The first kappa shape index (κ1) is 21.7. The van der Waals surface area contributed by atoms with Gasteiger partial charge in [-0.05, 0) is 76.4 Å². The predicted octanol–water partition coefficient (Wildman–Crippen LogP) is 2.33. The Kier molecular flexibility index (Phi) is 8.57. The number of guanidine groups is 1. The number of benzene rings is 1. The Labute approximate surface area is 164 Å². The summed E-state index contributed by atoms with van der Waals surface area (Å²) in [5.41, 5.74) is 1.77. The maximum atomic E-state index is 11.7.